The van der Waals surface area contributed by atoms with E-state index in [-0.39, 0.29) is 16.7 Å². The summed E-state index contributed by atoms with van der Waals surface area (Å²) in [6.07, 6.45) is 14.3. The molecule has 2 aliphatic heterocycles. The molecule has 4 bridgehead atoms. The molecular weight excluding hydrogens is 436 g/mol. The number of nitrogens with zero attached hydrogens (tertiary/aromatic N) is 2. The van der Waals surface area contributed by atoms with Gasteiger partial charge in [-0.25, -0.2) is 0 Å². The molecule has 1 aromatic rings. The maximum Gasteiger partial charge on any atom is 0.246 e. The molecule has 5 heteroatoms. The molecule has 4 saturated carbocycles. The fourth-order valence-electron chi connectivity index (χ4n) is 8.60. The van der Waals surface area contributed by atoms with Gasteiger partial charge in [0, 0.05) is 37.8 Å². The molecule has 188 valence electrons. The van der Waals surface area contributed by atoms with Crippen LogP contribution in [0.2, 0.25) is 0 Å². The molecule has 0 atom stereocenters. The zero-order valence-corrected chi connectivity index (χ0v) is 21.2. The lowest BCUT2D eigenvalue weighted by Crippen LogP contribution is -2.54. The monoisotopic (exact) mass is 476 g/mol. The van der Waals surface area contributed by atoms with Crippen molar-refractivity contribution in [3.63, 3.8) is 0 Å². The molecule has 35 heavy (non-hydrogen) atoms. The van der Waals surface area contributed by atoms with E-state index in [1.54, 1.807) is 6.08 Å². The van der Waals surface area contributed by atoms with Crippen LogP contribution in [0, 0.1) is 28.6 Å². The number of hydrogen-bond acceptors (Lipinski definition) is 3. The predicted octanol–water partition coefficient (Wildman–Crippen LogP) is 5.16. The van der Waals surface area contributed by atoms with Crippen LogP contribution in [0.25, 0.3) is 6.08 Å². The smallest absolute Gasteiger partial charge is 0.246 e. The lowest BCUT2D eigenvalue weighted by molar-refractivity contribution is -0.157. The second-order valence-corrected chi connectivity index (χ2v) is 12.3. The van der Waals surface area contributed by atoms with E-state index in [2.05, 4.69) is 4.90 Å². The molecule has 1 aromatic carbocycles. The summed E-state index contributed by atoms with van der Waals surface area (Å²) in [7, 11) is 0. The van der Waals surface area contributed by atoms with Crippen LogP contribution < -0.4 is 4.74 Å². The fourth-order valence-corrected chi connectivity index (χ4v) is 8.60. The molecule has 5 nitrogen and oxygen atoms in total. The van der Waals surface area contributed by atoms with Crippen molar-refractivity contribution in [2.45, 2.75) is 64.7 Å². The summed E-state index contributed by atoms with van der Waals surface area (Å²) in [6, 6.07) is 7.84. The van der Waals surface area contributed by atoms with Crippen molar-refractivity contribution in [2.75, 3.05) is 32.8 Å². The van der Waals surface area contributed by atoms with Crippen LogP contribution in [-0.2, 0) is 9.59 Å². The Bertz CT molecular complexity index is 971. The number of piperidine rings is 1. The fraction of sp³-hybridized carbons (Fsp3) is 0.667. The van der Waals surface area contributed by atoms with E-state index in [4.69, 9.17) is 4.74 Å². The highest BCUT2D eigenvalue weighted by Crippen LogP contribution is 2.61. The third-order valence-electron chi connectivity index (χ3n) is 9.98. The van der Waals surface area contributed by atoms with Crippen molar-refractivity contribution in [1.29, 1.82) is 0 Å². The van der Waals surface area contributed by atoms with E-state index in [0.29, 0.717) is 12.5 Å². The standard InChI is InChI=1S/C30H40N2O3/c1-2-35-26-6-4-3-5-25(26)7-8-27(33)31-12-9-29(10-13-31)11-14-32(21-29)28(34)30-18-22-15-23(19-30)17-24(16-22)20-30/h3-8,22-24H,2,9-21H2,1H3/b8-7+. The predicted molar refractivity (Wildman–Crippen MR) is 137 cm³/mol. The third kappa shape index (κ3) is 4.29. The van der Waals surface area contributed by atoms with Crippen LogP contribution in [0.4, 0.5) is 0 Å². The highest BCUT2D eigenvalue weighted by Gasteiger charge is 2.57. The number of benzene rings is 1. The minimum atomic E-state index is -0.0282. The molecule has 2 heterocycles. The molecule has 6 aliphatic rings. The lowest BCUT2D eigenvalue weighted by atomic mass is 9.49. The van der Waals surface area contributed by atoms with Crippen molar-refractivity contribution in [3.05, 3.63) is 35.9 Å². The number of ether oxygens (including phenoxy) is 1. The molecule has 0 aromatic heterocycles. The van der Waals surface area contributed by atoms with Crippen molar-refractivity contribution < 1.29 is 14.3 Å². The van der Waals surface area contributed by atoms with Gasteiger partial charge in [-0.05, 0) is 100 Å². The van der Waals surface area contributed by atoms with E-state index >= 15 is 0 Å². The molecule has 4 aliphatic carbocycles. The van der Waals surface area contributed by atoms with Gasteiger partial charge in [0.15, 0.2) is 0 Å². The third-order valence-corrected chi connectivity index (χ3v) is 9.98. The first kappa shape index (κ1) is 23.1. The van der Waals surface area contributed by atoms with E-state index in [9.17, 15) is 9.59 Å². The van der Waals surface area contributed by atoms with E-state index in [1.807, 2.05) is 42.2 Å². The summed E-state index contributed by atoms with van der Waals surface area (Å²) in [5, 5.41) is 0. The quantitative estimate of drug-likeness (QED) is 0.552. The van der Waals surface area contributed by atoms with Crippen LogP contribution in [0.15, 0.2) is 30.3 Å². The van der Waals surface area contributed by atoms with E-state index in [0.717, 1.165) is 93.8 Å². The summed E-state index contributed by atoms with van der Waals surface area (Å²) in [6.45, 7) is 5.98. The van der Waals surface area contributed by atoms with E-state index in [1.165, 1.54) is 19.3 Å². The molecule has 2 saturated heterocycles. The van der Waals surface area contributed by atoms with Crippen LogP contribution in [0.5, 0.6) is 5.75 Å². The zero-order chi connectivity index (χ0) is 24.0. The summed E-state index contributed by atoms with van der Waals surface area (Å²) >= 11 is 0. The maximum atomic E-state index is 13.8. The van der Waals surface area contributed by atoms with Crippen LogP contribution >= 0.6 is 0 Å². The average molecular weight is 477 g/mol. The number of hydrogen-bond donors (Lipinski definition) is 0. The largest absolute Gasteiger partial charge is 0.493 e. The van der Waals surface area contributed by atoms with Gasteiger partial charge in [0.2, 0.25) is 11.8 Å². The number of likely N-dealkylation sites (tertiary alicyclic amines) is 2. The van der Waals surface area contributed by atoms with Crippen LogP contribution in [-0.4, -0.2) is 54.4 Å². The molecular formula is C30H40N2O3. The van der Waals surface area contributed by atoms with Gasteiger partial charge in [-0.15, -0.1) is 0 Å². The molecule has 1 spiro atoms. The summed E-state index contributed by atoms with van der Waals surface area (Å²) in [4.78, 5) is 31.0. The second kappa shape index (κ2) is 8.97. The first-order valence-corrected chi connectivity index (χ1v) is 14.0. The van der Waals surface area contributed by atoms with Gasteiger partial charge in [-0.3, -0.25) is 9.59 Å². The molecule has 0 N–H and O–H groups in total. The highest BCUT2D eigenvalue weighted by molar-refractivity contribution is 5.92. The van der Waals surface area contributed by atoms with Crippen molar-refractivity contribution in [2.24, 2.45) is 28.6 Å². The van der Waals surface area contributed by atoms with Gasteiger partial charge in [0.1, 0.15) is 5.75 Å². The Morgan fingerprint density at radius 2 is 1.54 bits per heavy atom. The highest BCUT2D eigenvalue weighted by atomic mass is 16.5. The Morgan fingerprint density at radius 3 is 2.17 bits per heavy atom. The first-order valence-electron chi connectivity index (χ1n) is 14.0. The minimum Gasteiger partial charge on any atom is -0.493 e. The number of rotatable bonds is 5. The van der Waals surface area contributed by atoms with Gasteiger partial charge in [0.05, 0.1) is 12.0 Å². The van der Waals surface area contributed by atoms with Gasteiger partial charge in [-0.1, -0.05) is 18.2 Å². The summed E-state index contributed by atoms with van der Waals surface area (Å²) in [5.41, 5.74) is 1.12. The van der Waals surface area contributed by atoms with E-state index < -0.39 is 0 Å². The topological polar surface area (TPSA) is 49.9 Å². The Morgan fingerprint density at radius 1 is 0.943 bits per heavy atom. The van der Waals surface area contributed by atoms with Crippen molar-refractivity contribution >= 4 is 17.9 Å². The number of carbonyl (C=O) groups is 2. The molecule has 2 amide bonds. The second-order valence-electron chi connectivity index (χ2n) is 12.3. The van der Waals surface area contributed by atoms with Crippen LogP contribution in [0.3, 0.4) is 0 Å². The van der Waals surface area contributed by atoms with Crippen molar-refractivity contribution in [3.8, 4) is 5.75 Å². The van der Waals surface area contributed by atoms with Gasteiger partial charge in [0.25, 0.3) is 0 Å². The Balaban J connectivity index is 1.05. The minimum absolute atomic E-state index is 0.0282. The molecule has 0 unspecified atom stereocenters. The van der Waals surface area contributed by atoms with Crippen molar-refractivity contribution in [1.82, 2.24) is 9.80 Å². The van der Waals surface area contributed by atoms with Gasteiger partial charge >= 0.3 is 0 Å². The molecule has 6 fully saturated rings. The Hall–Kier alpha value is -2.30. The summed E-state index contributed by atoms with van der Waals surface area (Å²) in [5.74, 6) is 3.80. The lowest BCUT2D eigenvalue weighted by Gasteiger charge is -2.56. The Labute approximate surface area is 209 Å². The summed E-state index contributed by atoms with van der Waals surface area (Å²) < 4.78 is 5.68. The SMILES string of the molecule is CCOc1ccccc1/C=C/C(=O)N1CCC2(CC1)CCN(C(=O)C13CC4CC(CC(C4)C1)C3)C2. The number of amides is 2. The number of carbonyl (C=O) groups excluding carboxylic acids is 2. The molecule has 0 radical (unpaired) electrons. The Kier molecular flexibility index (Phi) is 5.93. The normalized spacial score (nSPS) is 33.1. The van der Waals surface area contributed by atoms with Gasteiger partial charge in [-0.2, -0.15) is 0 Å². The average Bonchev–Trinajstić information content (AvgIpc) is 3.26. The maximum absolute atomic E-state index is 13.8. The number of para-hydroxylation sites is 1. The van der Waals surface area contributed by atoms with Gasteiger partial charge < -0.3 is 14.5 Å². The zero-order valence-electron chi connectivity index (χ0n) is 21.2. The van der Waals surface area contributed by atoms with Crippen LogP contribution in [0.1, 0.15) is 70.3 Å². The first-order chi connectivity index (χ1) is 17.0. The molecule has 7 rings (SSSR count).